The lowest BCUT2D eigenvalue weighted by molar-refractivity contribution is 0.203. The van der Waals surface area contributed by atoms with E-state index in [2.05, 4.69) is 25.5 Å². The van der Waals surface area contributed by atoms with E-state index >= 15 is 0 Å². The Morgan fingerprint density at radius 3 is 2.56 bits per heavy atom. The largest absolute Gasteiger partial charge is 0.394 e. The number of rotatable bonds is 7. The number of pyridine rings is 1. The van der Waals surface area contributed by atoms with Gasteiger partial charge in [0.1, 0.15) is 5.52 Å². The van der Waals surface area contributed by atoms with Gasteiger partial charge in [0.05, 0.1) is 36.7 Å². The molecule has 0 amide bonds. The maximum Gasteiger partial charge on any atom is 0.278 e. The number of aryl methyl sites for hydroxylation is 2. The van der Waals surface area contributed by atoms with Gasteiger partial charge in [0.2, 0.25) is 5.95 Å². The molecule has 4 rings (SSSR count). The summed E-state index contributed by atoms with van der Waals surface area (Å²) in [6.45, 7) is 5.27. The summed E-state index contributed by atoms with van der Waals surface area (Å²) >= 11 is 0. The standard InChI is InChI=1S/C23H26N6O3/c1-13-6-4-5-7-18(13)20-9-16-10-24-23(25-17(11-30)12-31)26-21(16)22(32)29(20)15(3)19-8-14(2)27-28-19/h4-10,15,17,30-31H,11-12H2,1-3H3,(H,27,28)(H,24,25,26). The number of fused-ring (bicyclic) bond motifs is 1. The van der Waals surface area contributed by atoms with E-state index in [1.165, 1.54) is 0 Å². The molecule has 0 aliphatic carbocycles. The van der Waals surface area contributed by atoms with E-state index in [-0.39, 0.29) is 36.3 Å². The van der Waals surface area contributed by atoms with Gasteiger partial charge in [0.25, 0.3) is 5.56 Å². The van der Waals surface area contributed by atoms with Crippen LogP contribution in [0.15, 0.2) is 47.4 Å². The number of H-pyrrole nitrogens is 1. The van der Waals surface area contributed by atoms with Crippen molar-refractivity contribution in [2.45, 2.75) is 32.9 Å². The summed E-state index contributed by atoms with van der Waals surface area (Å²) in [6.07, 6.45) is 1.58. The number of benzene rings is 1. The molecule has 0 spiro atoms. The smallest absolute Gasteiger partial charge is 0.278 e. The number of hydrogen-bond acceptors (Lipinski definition) is 7. The lowest BCUT2D eigenvalue weighted by atomic mass is 10.0. The number of anilines is 1. The van der Waals surface area contributed by atoms with Crippen molar-refractivity contribution < 1.29 is 10.2 Å². The van der Waals surface area contributed by atoms with Crippen molar-refractivity contribution in [2.75, 3.05) is 18.5 Å². The highest BCUT2D eigenvalue weighted by Crippen LogP contribution is 2.29. The van der Waals surface area contributed by atoms with Crippen molar-refractivity contribution in [1.82, 2.24) is 24.7 Å². The van der Waals surface area contributed by atoms with Gasteiger partial charge in [0, 0.05) is 22.8 Å². The second-order valence-corrected chi connectivity index (χ2v) is 7.88. The highest BCUT2D eigenvalue weighted by atomic mass is 16.3. The molecular formula is C23H26N6O3. The lowest BCUT2D eigenvalue weighted by Crippen LogP contribution is -2.30. The quantitative estimate of drug-likeness (QED) is 0.351. The zero-order valence-corrected chi connectivity index (χ0v) is 18.2. The molecule has 32 heavy (non-hydrogen) atoms. The van der Waals surface area contributed by atoms with Crippen LogP contribution in [-0.2, 0) is 0 Å². The summed E-state index contributed by atoms with van der Waals surface area (Å²) in [5, 5.41) is 29.4. The van der Waals surface area contributed by atoms with Gasteiger partial charge in [-0.1, -0.05) is 24.3 Å². The third-order valence-electron chi connectivity index (χ3n) is 5.53. The molecule has 0 bridgehead atoms. The van der Waals surface area contributed by atoms with Crippen LogP contribution in [0.2, 0.25) is 0 Å². The predicted octanol–water partition coefficient (Wildman–Crippen LogP) is 2.17. The molecule has 4 N–H and O–H groups in total. The Labute approximate surface area is 184 Å². The number of aromatic amines is 1. The Morgan fingerprint density at radius 1 is 1.16 bits per heavy atom. The van der Waals surface area contributed by atoms with Crippen molar-refractivity contribution in [2.24, 2.45) is 0 Å². The van der Waals surface area contributed by atoms with Gasteiger partial charge in [-0.05, 0) is 38.5 Å². The van der Waals surface area contributed by atoms with E-state index in [1.54, 1.807) is 10.8 Å². The Morgan fingerprint density at radius 2 is 1.91 bits per heavy atom. The third-order valence-corrected chi connectivity index (χ3v) is 5.53. The zero-order chi connectivity index (χ0) is 22.8. The molecule has 3 aromatic heterocycles. The van der Waals surface area contributed by atoms with Gasteiger partial charge in [-0.25, -0.2) is 9.97 Å². The van der Waals surface area contributed by atoms with E-state index < -0.39 is 6.04 Å². The Kier molecular flexibility index (Phi) is 6.02. The van der Waals surface area contributed by atoms with Crippen LogP contribution >= 0.6 is 0 Å². The topological polar surface area (TPSA) is 129 Å². The van der Waals surface area contributed by atoms with Crippen LogP contribution in [0, 0.1) is 13.8 Å². The molecule has 0 aliphatic rings. The van der Waals surface area contributed by atoms with Gasteiger partial charge in [-0.15, -0.1) is 0 Å². The number of aromatic nitrogens is 5. The molecule has 0 aliphatic heterocycles. The lowest BCUT2D eigenvalue weighted by Gasteiger charge is -2.21. The van der Waals surface area contributed by atoms with Gasteiger partial charge < -0.3 is 15.5 Å². The number of aliphatic hydroxyl groups excluding tert-OH is 2. The molecule has 166 valence electrons. The highest BCUT2D eigenvalue weighted by Gasteiger charge is 2.21. The zero-order valence-electron chi connectivity index (χ0n) is 18.2. The highest BCUT2D eigenvalue weighted by molar-refractivity contribution is 5.83. The third kappa shape index (κ3) is 4.00. The van der Waals surface area contributed by atoms with E-state index in [9.17, 15) is 15.0 Å². The Bertz CT molecular complexity index is 1310. The fourth-order valence-corrected chi connectivity index (χ4v) is 3.75. The summed E-state index contributed by atoms with van der Waals surface area (Å²) < 4.78 is 1.70. The van der Waals surface area contributed by atoms with Crippen LogP contribution in [0.5, 0.6) is 0 Å². The molecule has 1 aromatic carbocycles. The van der Waals surface area contributed by atoms with E-state index in [0.29, 0.717) is 5.39 Å². The van der Waals surface area contributed by atoms with Crippen LogP contribution in [0.4, 0.5) is 5.95 Å². The van der Waals surface area contributed by atoms with Crippen LogP contribution in [-0.4, -0.2) is 54.2 Å². The summed E-state index contributed by atoms with van der Waals surface area (Å²) in [4.78, 5) is 22.4. The molecule has 1 atom stereocenters. The summed E-state index contributed by atoms with van der Waals surface area (Å²) in [6, 6.07) is 10.8. The van der Waals surface area contributed by atoms with Crippen LogP contribution in [0.1, 0.15) is 29.9 Å². The maximum atomic E-state index is 13.7. The first-order valence-corrected chi connectivity index (χ1v) is 10.4. The first-order valence-electron chi connectivity index (χ1n) is 10.4. The van der Waals surface area contributed by atoms with Crippen LogP contribution in [0.3, 0.4) is 0 Å². The minimum absolute atomic E-state index is 0.168. The van der Waals surface area contributed by atoms with Crippen LogP contribution in [0.25, 0.3) is 22.2 Å². The van der Waals surface area contributed by atoms with Gasteiger partial charge in [-0.3, -0.25) is 14.5 Å². The summed E-state index contributed by atoms with van der Waals surface area (Å²) in [5.41, 5.74) is 4.35. The van der Waals surface area contributed by atoms with Crippen molar-refractivity contribution in [3.05, 3.63) is 69.9 Å². The monoisotopic (exact) mass is 434 g/mol. The van der Waals surface area contributed by atoms with Crippen molar-refractivity contribution in [3.8, 4) is 11.3 Å². The minimum atomic E-state index is -0.619. The van der Waals surface area contributed by atoms with Gasteiger partial charge in [-0.2, -0.15) is 5.10 Å². The normalized spacial score (nSPS) is 12.4. The molecule has 0 saturated heterocycles. The molecule has 0 fully saturated rings. The molecule has 3 heterocycles. The molecule has 0 radical (unpaired) electrons. The second-order valence-electron chi connectivity index (χ2n) is 7.88. The molecule has 1 unspecified atom stereocenters. The number of aliphatic hydroxyl groups is 2. The number of nitrogens with one attached hydrogen (secondary N) is 2. The number of nitrogens with zero attached hydrogens (tertiary/aromatic N) is 4. The molecule has 9 heteroatoms. The Balaban J connectivity index is 1.95. The van der Waals surface area contributed by atoms with E-state index in [1.807, 2.05) is 57.2 Å². The minimum Gasteiger partial charge on any atom is -0.394 e. The average Bonchev–Trinajstić information content (AvgIpc) is 3.24. The fourth-order valence-electron chi connectivity index (χ4n) is 3.75. The SMILES string of the molecule is Cc1cc(C(C)n2c(-c3ccccc3C)cc3cnc(NC(CO)CO)nc3c2=O)n[nH]1. The summed E-state index contributed by atoms with van der Waals surface area (Å²) in [7, 11) is 0. The predicted molar refractivity (Wildman–Crippen MR) is 123 cm³/mol. The second kappa shape index (κ2) is 8.89. The first kappa shape index (κ1) is 21.7. The van der Waals surface area contributed by atoms with Crippen LogP contribution < -0.4 is 10.9 Å². The fraction of sp³-hybridized carbons (Fsp3) is 0.304. The number of hydrogen-bond donors (Lipinski definition) is 4. The van der Waals surface area contributed by atoms with Crippen molar-refractivity contribution in [1.29, 1.82) is 0 Å². The first-order chi connectivity index (χ1) is 15.4. The van der Waals surface area contributed by atoms with E-state index in [0.717, 1.165) is 28.2 Å². The van der Waals surface area contributed by atoms with Crippen molar-refractivity contribution >= 4 is 16.9 Å². The molecular weight excluding hydrogens is 408 g/mol. The summed E-state index contributed by atoms with van der Waals surface area (Å²) in [5.74, 6) is 0.168. The molecule has 0 saturated carbocycles. The van der Waals surface area contributed by atoms with Gasteiger partial charge in [0.15, 0.2) is 0 Å². The van der Waals surface area contributed by atoms with E-state index in [4.69, 9.17) is 0 Å². The molecule has 4 aromatic rings. The van der Waals surface area contributed by atoms with Gasteiger partial charge >= 0.3 is 0 Å². The average molecular weight is 435 g/mol. The maximum absolute atomic E-state index is 13.7. The van der Waals surface area contributed by atoms with Crippen molar-refractivity contribution in [3.63, 3.8) is 0 Å². The Hall–Kier alpha value is -3.56. The molecule has 9 nitrogen and oxygen atoms in total.